The van der Waals surface area contributed by atoms with Crippen molar-refractivity contribution in [2.75, 3.05) is 12.4 Å². The first-order valence-corrected chi connectivity index (χ1v) is 7.27. The van der Waals surface area contributed by atoms with Gasteiger partial charge in [0.15, 0.2) is 0 Å². The van der Waals surface area contributed by atoms with Gasteiger partial charge in [0, 0.05) is 29.2 Å². The summed E-state index contributed by atoms with van der Waals surface area (Å²) in [5.74, 6) is 0. The normalized spacial score (nSPS) is 12.8. The van der Waals surface area contributed by atoms with Gasteiger partial charge in [-0.1, -0.05) is 59.7 Å². The van der Waals surface area contributed by atoms with Gasteiger partial charge in [0.2, 0.25) is 0 Å². The van der Waals surface area contributed by atoms with Crippen molar-refractivity contribution < 1.29 is 0 Å². The number of pyridine rings is 1. The second-order valence-corrected chi connectivity index (χ2v) is 7.51. The highest BCUT2D eigenvalue weighted by atomic mass is 14.8. The molecule has 0 saturated heterocycles. The van der Waals surface area contributed by atoms with Crippen LogP contribution in [-0.2, 0) is 10.8 Å². The predicted octanol–water partition coefficient (Wildman–Crippen LogP) is 4.87. The third kappa shape index (κ3) is 2.65. The van der Waals surface area contributed by atoms with Crippen LogP contribution >= 0.6 is 0 Å². The Morgan fingerprint density at radius 2 is 1.60 bits per heavy atom. The lowest BCUT2D eigenvalue weighted by molar-refractivity contribution is 0.568. The van der Waals surface area contributed by atoms with Gasteiger partial charge in [-0.25, -0.2) is 0 Å². The van der Waals surface area contributed by atoms with E-state index in [1.807, 2.05) is 7.05 Å². The van der Waals surface area contributed by atoms with Gasteiger partial charge in [-0.2, -0.15) is 0 Å². The molecular formula is C18H26N2. The second-order valence-electron chi connectivity index (χ2n) is 7.51. The maximum absolute atomic E-state index is 4.98. The molecule has 0 radical (unpaired) electrons. The molecule has 2 heteroatoms. The maximum atomic E-state index is 4.98. The van der Waals surface area contributed by atoms with E-state index >= 15 is 0 Å². The number of rotatable bonds is 1. The topological polar surface area (TPSA) is 24.9 Å². The first-order chi connectivity index (χ1) is 9.14. The summed E-state index contributed by atoms with van der Waals surface area (Å²) in [4.78, 5) is 4.98. The SMILES string of the molecule is CNc1cc(C(C)(C)C)nc2c(C(C)(C)C)cccc12. The summed E-state index contributed by atoms with van der Waals surface area (Å²) in [6, 6.07) is 8.65. The van der Waals surface area contributed by atoms with Crippen LogP contribution in [0.2, 0.25) is 0 Å². The lowest BCUT2D eigenvalue weighted by atomic mass is 9.84. The Morgan fingerprint density at radius 1 is 0.950 bits per heavy atom. The van der Waals surface area contributed by atoms with E-state index in [2.05, 4.69) is 71.1 Å². The average molecular weight is 270 g/mol. The van der Waals surface area contributed by atoms with Crippen LogP contribution in [0.3, 0.4) is 0 Å². The molecule has 0 aliphatic heterocycles. The zero-order valence-electron chi connectivity index (χ0n) is 13.8. The molecule has 2 rings (SSSR count). The van der Waals surface area contributed by atoms with Gasteiger partial charge >= 0.3 is 0 Å². The van der Waals surface area contributed by atoms with Crippen LogP contribution in [0.5, 0.6) is 0 Å². The van der Waals surface area contributed by atoms with E-state index in [4.69, 9.17) is 4.98 Å². The minimum Gasteiger partial charge on any atom is -0.388 e. The van der Waals surface area contributed by atoms with Crippen molar-refractivity contribution in [2.45, 2.75) is 52.4 Å². The molecule has 0 aliphatic rings. The molecule has 1 aromatic heterocycles. The molecule has 2 aromatic rings. The third-order valence-corrected chi connectivity index (χ3v) is 3.69. The molecule has 1 N–H and O–H groups in total. The lowest BCUT2D eigenvalue weighted by Crippen LogP contribution is -2.17. The fourth-order valence-electron chi connectivity index (χ4n) is 2.44. The van der Waals surface area contributed by atoms with Crippen LogP contribution in [-0.4, -0.2) is 12.0 Å². The molecule has 0 amide bonds. The Kier molecular flexibility index (Phi) is 3.53. The standard InChI is InChI=1S/C18H26N2/c1-17(2,3)13-10-8-9-12-14(19-7)11-15(18(4,5)6)20-16(12)13/h8-11H,1-7H3,(H,19,20). The minimum atomic E-state index is 0.0464. The van der Waals surface area contributed by atoms with E-state index in [-0.39, 0.29) is 10.8 Å². The minimum absolute atomic E-state index is 0.0464. The van der Waals surface area contributed by atoms with E-state index < -0.39 is 0 Å². The van der Waals surface area contributed by atoms with Crippen LogP contribution in [0.25, 0.3) is 10.9 Å². The number of nitrogens with zero attached hydrogens (tertiary/aromatic N) is 1. The highest BCUT2D eigenvalue weighted by Crippen LogP contribution is 2.34. The number of benzene rings is 1. The molecule has 0 bridgehead atoms. The largest absolute Gasteiger partial charge is 0.388 e. The Labute approximate surface area is 122 Å². The van der Waals surface area contributed by atoms with Gasteiger partial charge in [-0.15, -0.1) is 0 Å². The zero-order valence-corrected chi connectivity index (χ0v) is 13.8. The molecule has 0 unspecified atom stereocenters. The summed E-state index contributed by atoms with van der Waals surface area (Å²) in [6.45, 7) is 13.4. The molecule has 1 heterocycles. The van der Waals surface area contributed by atoms with Gasteiger partial charge in [0.25, 0.3) is 0 Å². The molecule has 2 nitrogen and oxygen atoms in total. The lowest BCUT2D eigenvalue weighted by Gasteiger charge is -2.24. The van der Waals surface area contributed by atoms with Crippen molar-refractivity contribution in [1.29, 1.82) is 0 Å². The quantitative estimate of drug-likeness (QED) is 0.799. The Bertz CT molecular complexity index is 628. The van der Waals surface area contributed by atoms with Crippen molar-refractivity contribution >= 4 is 16.6 Å². The molecule has 1 aromatic carbocycles. The van der Waals surface area contributed by atoms with E-state index in [1.165, 1.54) is 10.9 Å². The number of aromatic nitrogens is 1. The van der Waals surface area contributed by atoms with Gasteiger partial charge < -0.3 is 5.32 Å². The number of hydrogen-bond donors (Lipinski definition) is 1. The molecule has 0 spiro atoms. The summed E-state index contributed by atoms with van der Waals surface area (Å²) >= 11 is 0. The van der Waals surface area contributed by atoms with Crippen molar-refractivity contribution in [3.05, 3.63) is 35.5 Å². The van der Waals surface area contributed by atoms with Crippen molar-refractivity contribution in [2.24, 2.45) is 0 Å². The first-order valence-electron chi connectivity index (χ1n) is 7.27. The van der Waals surface area contributed by atoms with E-state index in [0.29, 0.717) is 0 Å². The maximum Gasteiger partial charge on any atom is 0.0763 e. The second kappa shape index (κ2) is 4.76. The van der Waals surface area contributed by atoms with E-state index in [1.54, 1.807) is 0 Å². The third-order valence-electron chi connectivity index (χ3n) is 3.69. The molecule has 0 fully saturated rings. The van der Waals surface area contributed by atoms with Crippen LogP contribution in [0, 0.1) is 0 Å². The molecule has 108 valence electrons. The summed E-state index contributed by atoms with van der Waals surface area (Å²) in [5, 5.41) is 4.52. The molecule has 20 heavy (non-hydrogen) atoms. The van der Waals surface area contributed by atoms with Crippen LogP contribution in [0.1, 0.15) is 52.8 Å². The van der Waals surface area contributed by atoms with Crippen molar-refractivity contribution in [3.8, 4) is 0 Å². The number of hydrogen-bond acceptors (Lipinski definition) is 2. The van der Waals surface area contributed by atoms with Crippen molar-refractivity contribution in [3.63, 3.8) is 0 Å². The number of anilines is 1. The fraction of sp³-hybridized carbons (Fsp3) is 0.500. The van der Waals surface area contributed by atoms with Crippen LogP contribution in [0.15, 0.2) is 24.3 Å². The van der Waals surface area contributed by atoms with Gasteiger partial charge in [0.05, 0.1) is 5.52 Å². The van der Waals surface area contributed by atoms with Crippen LogP contribution in [0.4, 0.5) is 5.69 Å². The van der Waals surface area contributed by atoms with Crippen molar-refractivity contribution in [1.82, 2.24) is 4.98 Å². The predicted molar refractivity (Wildman–Crippen MR) is 88.7 cm³/mol. The highest BCUT2D eigenvalue weighted by Gasteiger charge is 2.22. The molecule has 0 saturated carbocycles. The Balaban J connectivity index is 2.87. The Hall–Kier alpha value is -1.57. The Morgan fingerprint density at radius 3 is 2.10 bits per heavy atom. The van der Waals surface area contributed by atoms with Crippen LogP contribution < -0.4 is 5.32 Å². The number of para-hydroxylation sites is 1. The number of nitrogens with one attached hydrogen (secondary N) is 1. The highest BCUT2D eigenvalue weighted by molar-refractivity contribution is 5.94. The molecule has 0 atom stereocenters. The first kappa shape index (κ1) is 14.8. The number of fused-ring (bicyclic) bond motifs is 1. The smallest absolute Gasteiger partial charge is 0.0763 e. The molecular weight excluding hydrogens is 244 g/mol. The fourth-order valence-corrected chi connectivity index (χ4v) is 2.44. The summed E-state index contributed by atoms with van der Waals surface area (Å²) in [7, 11) is 1.98. The average Bonchev–Trinajstić information content (AvgIpc) is 2.34. The molecule has 0 aliphatic carbocycles. The van der Waals surface area contributed by atoms with E-state index in [9.17, 15) is 0 Å². The van der Waals surface area contributed by atoms with Gasteiger partial charge in [0.1, 0.15) is 0 Å². The monoisotopic (exact) mass is 270 g/mol. The zero-order chi connectivity index (χ0) is 15.1. The summed E-state index contributed by atoms with van der Waals surface area (Å²) < 4.78 is 0. The van der Waals surface area contributed by atoms with Gasteiger partial charge in [-0.05, 0) is 17.0 Å². The van der Waals surface area contributed by atoms with Gasteiger partial charge in [-0.3, -0.25) is 4.98 Å². The summed E-state index contributed by atoms with van der Waals surface area (Å²) in [5.41, 5.74) is 4.85. The van der Waals surface area contributed by atoms with E-state index in [0.717, 1.165) is 16.9 Å². The summed E-state index contributed by atoms with van der Waals surface area (Å²) in [6.07, 6.45) is 0.